The number of rotatable bonds is 11. The molecule has 1 fully saturated rings. The average molecular weight is 384 g/mol. The third kappa shape index (κ3) is 5.53. The number of hydrogen-bond donors (Lipinski definition) is 0. The molecule has 7 nitrogen and oxygen atoms in total. The second-order valence-electron chi connectivity index (χ2n) is 7.00. The van der Waals surface area contributed by atoms with Gasteiger partial charge in [-0.25, -0.2) is 0 Å². The summed E-state index contributed by atoms with van der Waals surface area (Å²) in [5.41, 5.74) is -2.45. The van der Waals surface area contributed by atoms with E-state index < -0.39 is 23.3 Å². The number of ether oxygens (including phenoxy) is 3. The van der Waals surface area contributed by atoms with Crippen LogP contribution in [-0.2, 0) is 33.4 Å². The Morgan fingerprint density at radius 2 is 1.30 bits per heavy atom. The van der Waals surface area contributed by atoms with Gasteiger partial charge in [0.1, 0.15) is 6.29 Å². The molecular weight excluding hydrogens is 352 g/mol. The molecule has 0 bridgehead atoms. The van der Waals surface area contributed by atoms with Crippen LogP contribution in [0.15, 0.2) is 0 Å². The van der Waals surface area contributed by atoms with Gasteiger partial charge in [-0.15, -0.1) is 0 Å². The summed E-state index contributed by atoms with van der Waals surface area (Å²) in [6, 6.07) is 0. The molecule has 0 atom stereocenters. The maximum absolute atomic E-state index is 12.7. The maximum atomic E-state index is 12.7. The minimum atomic E-state index is -2.14. The standard InChI is InChI=1S/C20H32O7/c1-4-25-16(22)20(17(23)26-5-2,18(24)27-6-3)13-12-19(14-15-21)10-8-7-9-11-19/h15H,4-14H2,1-3H3. The first-order valence-corrected chi connectivity index (χ1v) is 9.87. The summed E-state index contributed by atoms with van der Waals surface area (Å²) < 4.78 is 15.2. The number of hydrogen-bond acceptors (Lipinski definition) is 7. The number of carbonyl (C=O) groups excluding carboxylic acids is 4. The zero-order chi connectivity index (χ0) is 20.3. The highest BCUT2D eigenvalue weighted by Gasteiger charge is 2.58. The molecule has 27 heavy (non-hydrogen) atoms. The lowest BCUT2D eigenvalue weighted by molar-refractivity contribution is -0.185. The monoisotopic (exact) mass is 384 g/mol. The predicted octanol–water partition coefficient (Wildman–Crippen LogP) is 2.98. The van der Waals surface area contributed by atoms with E-state index >= 15 is 0 Å². The fraction of sp³-hybridized carbons (Fsp3) is 0.800. The van der Waals surface area contributed by atoms with Crippen molar-refractivity contribution in [2.24, 2.45) is 10.8 Å². The molecule has 0 aromatic heterocycles. The Bertz CT molecular complexity index is 475. The van der Waals surface area contributed by atoms with Crippen LogP contribution in [0.3, 0.4) is 0 Å². The van der Waals surface area contributed by atoms with E-state index in [0.717, 1.165) is 38.4 Å². The molecule has 0 aromatic carbocycles. The molecule has 1 saturated carbocycles. The average Bonchev–Trinajstić information content (AvgIpc) is 2.64. The second kappa shape index (κ2) is 11.0. The summed E-state index contributed by atoms with van der Waals surface area (Å²) in [5, 5.41) is 0. The lowest BCUT2D eigenvalue weighted by Crippen LogP contribution is -2.50. The molecular formula is C20H32O7. The summed E-state index contributed by atoms with van der Waals surface area (Å²) in [5.74, 6) is -2.84. The highest BCUT2D eigenvalue weighted by molar-refractivity contribution is 6.17. The quantitative estimate of drug-likeness (QED) is 0.234. The third-order valence-electron chi connectivity index (χ3n) is 5.33. The van der Waals surface area contributed by atoms with Crippen LogP contribution in [0.5, 0.6) is 0 Å². The van der Waals surface area contributed by atoms with E-state index in [1.807, 2.05) is 0 Å². The van der Waals surface area contributed by atoms with E-state index in [9.17, 15) is 19.2 Å². The van der Waals surface area contributed by atoms with Crippen LogP contribution < -0.4 is 0 Å². The van der Waals surface area contributed by atoms with Crippen molar-refractivity contribution in [3.8, 4) is 0 Å². The van der Waals surface area contributed by atoms with Crippen LogP contribution in [0.25, 0.3) is 0 Å². The molecule has 0 radical (unpaired) electrons. The second-order valence-corrected chi connectivity index (χ2v) is 7.00. The lowest BCUT2D eigenvalue weighted by atomic mass is 9.66. The molecule has 0 aromatic rings. The molecule has 7 heteroatoms. The molecule has 154 valence electrons. The number of carbonyl (C=O) groups is 4. The highest BCUT2D eigenvalue weighted by atomic mass is 16.6. The highest BCUT2D eigenvalue weighted by Crippen LogP contribution is 2.45. The first-order chi connectivity index (χ1) is 12.9. The van der Waals surface area contributed by atoms with Gasteiger partial charge in [-0.05, 0) is 51.9 Å². The molecule has 1 aliphatic rings. The summed E-state index contributed by atoms with van der Waals surface area (Å²) in [4.78, 5) is 49.5. The fourth-order valence-electron chi connectivity index (χ4n) is 3.81. The predicted molar refractivity (Wildman–Crippen MR) is 97.8 cm³/mol. The largest absolute Gasteiger partial charge is 0.465 e. The van der Waals surface area contributed by atoms with Crippen molar-refractivity contribution in [3.05, 3.63) is 0 Å². The van der Waals surface area contributed by atoms with E-state index in [1.165, 1.54) is 0 Å². The Hall–Kier alpha value is -1.92. The van der Waals surface area contributed by atoms with Crippen molar-refractivity contribution < 1.29 is 33.4 Å². The van der Waals surface area contributed by atoms with Gasteiger partial charge >= 0.3 is 17.9 Å². The normalized spacial score (nSPS) is 16.3. The first-order valence-electron chi connectivity index (χ1n) is 9.87. The van der Waals surface area contributed by atoms with Gasteiger partial charge in [0.2, 0.25) is 0 Å². The molecule has 0 amide bonds. The maximum Gasteiger partial charge on any atom is 0.335 e. The van der Waals surface area contributed by atoms with E-state index in [0.29, 0.717) is 12.8 Å². The summed E-state index contributed by atoms with van der Waals surface area (Å²) >= 11 is 0. The van der Waals surface area contributed by atoms with Gasteiger partial charge < -0.3 is 19.0 Å². The Balaban J connectivity index is 3.23. The number of esters is 3. The SMILES string of the molecule is CCOC(=O)C(CCC1(CC=O)CCCCC1)(C(=O)OCC)C(=O)OCC. The zero-order valence-corrected chi connectivity index (χ0v) is 16.7. The van der Waals surface area contributed by atoms with Crippen molar-refractivity contribution in [1.82, 2.24) is 0 Å². The van der Waals surface area contributed by atoms with E-state index in [-0.39, 0.29) is 31.7 Å². The topological polar surface area (TPSA) is 96.0 Å². The molecule has 0 heterocycles. The smallest absolute Gasteiger partial charge is 0.335 e. The minimum Gasteiger partial charge on any atom is -0.465 e. The Morgan fingerprint density at radius 3 is 1.67 bits per heavy atom. The zero-order valence-electron chi connectivity index (χ0n) is 16.7. The molecule has 1 aliphatic carbocycles. The summed E-state index contributed by atoms with van der Waals surface area (Å²) in [7, 11) is 0. The van der Waals surface area contributed by atoms with Gasteiger partial charge in [0, 0.05) is 6.42 Å². The third-order valence-corrected chi connectivity index (χ3v) is 5.33. The van der Waals surface area contributed by atoms with Crippen LogP contribution in [0.2, 0.25) is 0 Å². The van der Waals surface area contributed by atoms with E-state index in [4.69, 9.17) is 14.2 Å². The van der Waals surface area contributed by atoms with Gasteiger partial charge in [-0.2, -0.15) is 0 Å². The lowest BCUT2D eigenvalue weighted by Gasteiger charge is -2.38. The van der Waals surface area contributed by atoms with E-state index in [1.54, 1.807) is 20.8 Å². The van der Waals surface area contributed by atoms with Crippen molar-refractivity contribution >= 4 is 24.2 Å². The summed E-state index contributed by atoms with van der Waals surface area (Å²) in [6.07, 6.45) is 6.24. The Kier molecular flexibility index (Phi) is 9.46. The van der Waals surface area contributed by atoms with Crippen LogP contribution in [0.1, 0.15) is 72.1 Å². The van der Waals surface area contributed by atoms with Gasteiger partial charge in [0.25, 0.3) is 5.41 Å². The fourth-order valence-corrected chi connectivity index (χ4v) is 3.81. The van der Waals surface area contributed by atoms with Gasteiger partial charge in [0.05, 0.1) is 19.8 Å². The van der Waals surface area contributed by atoms with Gasteiger partial charge in [-0.3, -0.25) is 14.4 Å². The Labute approximate surface area is 161 Å². The molecule has 0 N–H and O–H groups in total. The van der Waals surface area contributed by atoms with Crippen LogP contribution >= 0.6 is 0 Å². The van der Waals surface area contributed by atoms with Crippen LogP contribution in [0, 0.1) is 10.8 Å². The summed E-state index contributed by atoms with van der Waals surface area (Å²) in [6.45, 7) is 4.90. The van der Waals surface area contributed by atoms with Crippen LogP contribution in [-0.4, -0.2) is 44.0 Å². The van der Waals surface area contributed by atoms with Gasteiger partial charge in [-0.1, -0.05) is 19.3 Å². The minimum absolute atomic E-state index is 0.0267. The molecule has 1 rings (SSSR count). The first kappa shape index (κ1) is 23.1. The molecule has 0 saturated heterocycles. The molecule has 0 aliphatic heterocycles. The van der Waals surface area contributed by atoms with Crippen LogP contribution in [0.4, 0.5) is 0 Å². The number of aldehydes is 1. The van der Waals surface area contributed by atoms with Gasteiger partial charge in [0.15, 0.2) is 0 Å². The van der Waals surface area contributed by atoms with E-state index in [2.05, 4.69) is 0 Å². The molecule has 0 unspecified atom stereocenters. The van der Waals surface area contributed by atoms with Crippen molar-refractivity contribution in [1.29, 1.82) is 0 Å². The Morgan fingerprint density at radius 1 is 0.852 bits per heavy atom. The van der Waals surface area contributed by atoms with Crippen molar-refractivity contribution in [2.75, 3.05) is 19.8 Å². The molecule has 0 spiro atoms. The van der Waals surface area contributed by atoms with Crippen molar-refractivity contribution in [2.45, 2.75) is 72.1 Å². The van der Waals surface area contributed by atoms with Crippen molar-refractivity contribution in [3.63, 3.8) is 0 Å².